The lowest BCUT2D eigenvalue weighted by molar-refractivity contribution is 0.0312. The molecule has 2 nitrogen and oxygen atoms in total. The summed E-state index contributed by atoms with van der Waals surface area (Å²) in [5.74, 6) is 0. The smallest absolute Gasteiger partial charge is 0.0814 e. The first-order valence-corrected chi connectivity index (χ1v) is 3.25. The third-order valence-electron chi connectivity index (χ3n) is 1.61. The Balaban J connectivity index is 2.28. The lowest BCUT2D eigenvalue weighted by Crippen LogP contribution is -2.12. The van der Waals surface area contributed by atoms with Crippen molar-refractivity contribution >= 4 is 0 Å². The summed E-state index contributed by atoms with van der Waals surface area (Å²) in [6, 6.07) is 0. The van der Waals surface area contributed by atoms with Crippen LogP contribution in [0.4, 0.5) is 0 Å². The SMILES string of the molecule is C=C[C@H]1CC[C@@H](CO)O1. The van der Waals surface area contributed by atoms with Crippen LogP contribution in [0.1, 0.15) is 12.8 Å². The van der Waals surface area contributed by atoms with Gasteiger partial charge >= 0.3 is 0 Å². The van der Waals surface area contributed by atoms with Crippen molar-refractivity contribution in [2.24, 2.45) is 0 Å². The van der Waals surface area contributed by atoms with Crippen LogP contribution in [0.2, 0.25) is 0 Å². The zero-order chi connectivity index (χ0) is 6.69. The van der Waals surface area contributed by atoms with Gasteiger partial charge < -0.3 is 9.84 Å². The number of rotatable bonds is 2. The molecule has 1 heterocycles. The molecule has 1 fully saturated rings. The Labute approximate surface area is 55.1 Å². The normalized spacial score (nSPS) is 34.8. The van der Waals surface area contributed by atoms with Gasteiger partial charge in [0.1, 0.15) is 0 Å². The molecule has 1 rings (SSSR count). The van der Waals surface area contributed by atoms with Crippen molar-refractivity contribution < 1.29 is 9.84 Å². The minimum absolute atomic E-state index is 0.0630. The zero-order valence-corrected chi connectivity index (χ0v) is 5.42. The molecule has 2 atom stereocenters. The molecule has 0 radical (unpaired) electrons. The van der Waals surface area contributed by atoms with Gasteiger partial charge in [-0.3, -0.25) is 0 Å². The molecule has 0 saturated carbocycles. The van der Waals surface area contributed by atoms with Crippen molar-refractivity contribution in [3.63, 3.8) is 0 Å². The molecule has 0 aromatic heterocycles. The Morgan fingerprint density at radius 3 is 2.78 bits per heavy atom. The van der Waals surface area contributed by atoms with Crippen LogP contribution in [-0.2, 0) is 4.74 Å². The largest absolute Gasteiger partial charge is 0.394 e. The molecule has 1 saturated heterocycles. The topological polar surface area (TPSA) is 29.5 Å². The molecule has 1 aliphatic heterocycles. The van der Waals surface area contributed by atoms with Crippen LogP contribution in [0.15, 0.2) is 12.7 Å². The summed E-state index contributed by atoms with van der Waals surface area (Å²) < 4.78 is 5.29. The summed E-state index contributed by atoms with van der Waals surface area (Å²) >= 11 is 0. The van der Waals surface area contributed by atoms with E-state index in [-0.39, 0.29) is 18.8 Å². The zero-order valence-electron chi connectivity index (χ0n) is 5.42. The van der Waals surface area contributed by atoms with E-state index in [1.807, 2.05) is 0 Å². The Bertz CT molecular complexity index is 101. The van der Waals surface area contributed by atoms with Gasteiger partial charge in [0.25, 0.3) is 0 Å². The molecule has 0 aliphatic carbocycles. The van der Waals surface area contributed by atoms with Gasteiger partial charge in [-0.1, -0.05) is 6.08 Å². The third kappa shape index (κ3) is 1.53. The van der Waals surface area contributed by atoms with Crippen LogP contribution >= 0.6 is 0 Å². The fourth-order valence-electron chi connectivity index (χ4n) is 1.04. The molecule has 0 spiro atoms. The van der Waals surface area contributed by atoms with E-state index in [2.05, 4.69) is 6.58 Å². The highest BCUT2D eigenvalue weighted by Gasteiger charge is 2.21. The van der Waals surface area contributed by atoms with E-state index in [4.69, 9.17) is 9.84 Å². The highest BCUT2D eigenvalue weighted by Crippen LogP contribution is 2.19. The summed E-state index contributed by atoms with van der Waals surface area (Å²) in [6.07, 6.45) is 4.01. The van der Waals surface area contributed by atoms with Crippen molar-refractivity contribution in [2.75, 3.05) is 6.61 Å². The molecule has 0 amide bonds. The maximum absolute atomic E-state index is 8.62. The van der Waals surface area contributed by atoms with E-state index in [1.54, 1.807) is 6.08 Å². The second-order valence-corrected chi connectivity index (χ2v) is 2.29. The third-order valence-corrected chi connectivity index (χ3v) is 1.61. The fourth-order valence-corrected chi connectivity index (χ4v) is 1.04. The van der Waals surface area contributed by atoms with Crippen LogP contribution in [0.25, 0.3) is 0 Å². The summed E-state index contributed by atoms with van der Waals surface area (Å²) in [7, 11) is 0. The average Bonchev–Trinajstić information content (AvgIpc) is 2.34. The predicted octanol–water partition coefficient (Wildman–Crippen LogP) is 0.712. The van der Waals surface area contributed by atoms with E-state index < -0.39 is 0 Å². The van der Waals surface area contributed by atoms with Gasteiger partial charge in [-0.05, 0) is 12.8 Å². The van der Waals surface area contributed by atoms with Crippen LogP contribution in [-0.4, -0.2) is 23.9 Å². The molecule has 52 valence electrons. The quantitative estimate of drug-likeness (QED) is 0.555. The van der Waals surface area contributed by atoms with Gasteiger partial charge in [-0.15, -0.1) is 6.58 Å². The summed E-state index contributed by atoms with van der Waals surface area (Å²) in [4.78, 5) is 0. The van der Waals surface area contributed by atoms with Gasteiger partial charge in [-0.2, -0.15) is 0 Å². The minimum atomic E-state index is 0.0630. The van der Waals surface area contributed by atoms with Crippen LogP contribution in [0, 0.1) is 0 Å². The number of aliphatic hydroxyl groups is 1. The van der Waals surface area contributed by atoms with E-state index in [9.17, 15) is 0 Å². The van der Waals surface area contributed by atoms with E-state index in [0.717, 1.165) is 12.8 Å². The maximum atomic E-state index is 8.62. The Morgan fingerprint density at radius 2 is 2.44 bits per heavy atom. The Kier molecular flexibility index (Phi) is 2.25. The van der Waals surface area contributed by atoms with Gasteiger partial charge in [0.2, 0.25) is 0 Å². The second-order valence-electron chi connectivity index (χ2n) is 2.29. The van der Waals surface area contributed by atoms with Crippen molar-refractivity contribution in [3.8, 4) is 0 Å². The molecular formula is C7H12O2. The molecule has 1 aliphatic rings. The minimum Gasteiger partial charge on any atom is -0.394 e. The number of aliphatic hydroxyl groups excluding tert-OH is 1. The summed E-state index contributed by atoms with van der Waals surface area (Å²) in [6.45, 7) is 3.75. The van der Waals surface area contributed by atoms with Crippen LogP contribution in [0.3, 0.4) is 0 Å². The highest BCUT2D eigenvalue weighted by molar-refractivity contribution is 4.86. The molecule has 0 unspecified atom stereocenters. The summed E-state index contributed by atoms with van der Waals surface area (Å²) in [5, 5.41) is 8.62. The second kappa shape index (κ2) is 2.99. The first-order chi connectivity index (χ1) is 4.36. The maximum Gasteiger partial charge on any atom is 0.0814 e. The van der Waals surface area contributed by atoms with E-state index in [1.165, 1.54) is 0 Å². The van der Waals surface area contributed by atoms with Crippen LogP contribution < -0.4 is 0 Å². The molecule has 1 N–H and O–H groups in total. The monoisotopic (exact) mass is 128 g/mol. The molecule has 0 aromatic rings. The highest BCUT2D eigenvalue weighted by atomic mass is 16.5. The average molecular weight is 128 g/mol. The van der Waals surface area contributed by atoms with Crippen molar-refractivity contribution in [1.29, 1.82) is 0 Å². The number of hydrogen-bond acceptors (Lipinski definition) is 2. The Morgan fingerprint density at radius 1 is 1.67 bits per heavy atom. The fraction of sp³-hybridized carbons (Fsp3) is 0.714. The number of hydrogen-bond donors (Lipinski definition) is 1. The molecule has 9 heavy (non-hydrogen) atoms. The molecule has 2 heteroatoms. The van der Waals surface area contributed by atoms with Crippen molar-refractivity contribution in [2.45, 2.75) is 25.0 Å². The van der Waals surface area contributed by atoms with Crippen molar-refractivity contribution in [3.05, 3.63) is 12.7 Å². The van der Waals surface area contributed by atoms with E-state index >= 15 is 0 Å². The van der Waals surface area contributed by atoms with Gasteiger partial charge in [0.15, 0.2) is 0 Å². The van der Waals surface area contributed by atoms with Crippen LogP contribution in [0.5, 0.6) is 0 Å². The van der Waals surface area contributed by atoms with E-state index in [0.29, 0.717) is 0 Å². The number of ether oxygens (including phenoxy) is 1. The molecule has 0 aromatic carbocycles. The predicted molar refractivity (Wildman–Crippen MR) is 35.2 cm³/mol. The lowest BCUT2D eigenvalue weighted by atomic mass is 10.2. The van der Waals surface area contributed by atoms with Gasteiger partial charge in [-0.25, -0.2) is 0 Å². The molecule has 0 bridgehead atoms. The Hall–Kier alpha value is -0.340. The standard InChI is InChI=1S/C7H12O2/c1-2-6-3-4-7(5-8)9-6/h2,6-8H,1,3-5H2/t6-,7-/m0/s1. The van der Waals surface area contributed by atoms with Gasteiger partial charge in [0, 0.05) is 0 Å². The molecular weight excluding hydrogens is 116 g/mol. The first-order valence-electron chi connectivity index (χ1n) is 3.25. The first kappa shape index (κ1) is 6.78. The van der Waals surface area contributed by atoms with Crippen molar-refractivity contribution in [1.82, 2.24) is 0 Å². The lowest BCUT2D eigenvalue weighted by Gasteiger charge is -2.05. The summed E-state index contributed by atoms with van der Waals surface area (Å²) in [5.41, 5.74) is 0. The van der Waals surface area contributed by atoms with Gasteiger partial charge in [0.05, 0.1) is 18.8 Å².